The Morgan fingerprint density at radius 3 is 2.53 bits per heavy atom. The fourth-order valence-corrected chi connectivity index (χ4v) is 4.14. The summed E-state index contributed by atoms with van der Waals surface area (Å²) in [5, 5.41) is 12.2. The van der Waals surface area contributed by atoms with E-state index in [1.807, 2.05) is 68.8 Å². The molecule has 4 aromatic rings. The first-order valence-electron chi connectivity index (χ1n) is 11.0. The van der Waals surface area contributed by atoms with E-state index < -0.39 is 0 Å². The van der Waals surface area contributed by atoms with Gasteiger partial charge in [-0.15, -0.1) is 0 Å². The third-order valence-electron chi connectivity index (χ3n) is 5.62. The fraction of sp³-hybridized carbons (Fsp3) is 0.269. The van der Waals surface area contributed by atoms with E-state index in [1.165, 1.54) is 0 Å². The minimum absolute atomic E-state index is 0.174. The molecule has 0 saturated carbocycles. The number of nitrogens with zero attached hydrogens (tertiary/aromatic N) is 3. The second-order valence-electron chi connectivity index (χ2n) is 8.47. The van der Waals surface area contributed by atoms with Gasteiger partial charge >= 0.3 is 0 Å². The summed E-state index contributed by atoms with van der Waals surface area (Å²) in [5.74, 6) is 0.905. The van der Waals surface area contributed by atoms with Gasteiger partial charge in [0.25, 0.3) is 5.91 Å². The SMILES string of the molecule is Cc1cc(C)cc(OCc2c(C(=O)Nc3c(C)nn(Cc4cccc(Cl)c4)c3C)noc2C)c1. The molecule has 0 radical (unpaired) electrons. The number of nitrogens with one attached hydrogen (secondary N) is 1. The first-order valence-corrected chi connectivity index (χ1v) is 11.3. The van der Waals surface area contributed by atoms with Crippen LogP contribution in [0.5, 0.6) is 5.75 Å². The van der Waals surface area contributed by atoms with Crippen LogP contribution in [0.1, 0.15) is 49.9 Å². The van der Waals surface area contributed by atoms with Gasteiger partial charge in [0.1, 0.15) is 18.1 Å². The topological polar surface area (TPSA) is 82.2 Å². The lowest BCUT2D eigenvalue weighted by molar-refractivity contribution is 0.101. The molecule has 0 unspecified atom stereocenters. The number of anilines is 1. The molecule has 0 aliphatic heterocycles. The smallest absolute Gasteiger partial charge is 0.278 e. The van der Waals surface area contributed by atoms with Crippen molar-refractivity contribution < 1.29 is 14.1 Å². The molecule has 2 aromatic carbocycles. The van der Waals surface area contributed by atoms with Gasteiger partial charge in [-0.25, -0.2) is 0 Å². The van der Waals surface area contributed by atoms with Crippen LogP contribution in [-0.4, -0.2) is 20.8 Å². The molecule has 176 valence electrons. The van der Waals surface area contributed by atoms with Gasteiger partial charge in [-0.1, -0.05) is 35.0 Å². The van der Waals surface area contributed by atoms with E-state index in [9.17, 15) is 4.79 Å². The number of rotatable bonds is 7. The molecule has 0 fully saturated rings. The molecule has 8 heteroatoms. The maximum Gasteiger partial charge on any atom is 0.278 e. The Labute approximate surface area is 203 Å². The van der Waals surface area contributed by atoms with Crippen molar-refractivity contribution >= 4 is 23.2 Å². The quantitative estimate of drug-likeness (QED) is 0.355. The third kappa shape index (κ3) is 5.15. The van der Waals surface area contributed by atoms with Crippen LogP contribution in [0.3, 0.4) is 0 Å². The zero-order valence-corrected chi connectivity index (χ0v) is 20.7. The highest BCUT2D eigenvalue weighted by Gasteiger charge is 2.23. The van der Waals surface area contributed by atoms with Gasteiger partial charge in [0, 0.05) is 5.02 Å². The number of amides is 1. The number of benzene rings is 2. The third-order valence-corrected chi connectivity index (χ3v) is 5.85. The van der Waals surface area contributed by atoms with Crippen molar-refractivity contribution in [1.29, 1.82) is 0 Å². The highest BCUT2D eigenvalue weighted by atomic mass is 35.5. The molecule has 1 N–H and O–H groups in total. The molecule has 4 rings (SSSR count). The van der Waals surface area contributed by atoms with Crippen LogP contribution in [-0.2, 0) is 13.2 Å². The average molecular weight is 479 g/mol. The molecular weight excluding hydrogens is 452 g/mol. The largest absolute Gasteiger partial charge is 0.489 e. The van der Waals surface area contributed by atoms with Crippen molar-refractivity contribution in [2.24, 2.45) is 0 Å². The predicted octanol–water partition coefficient (Wildman–Crippen LogP) is 5.95. The van der Waals surface area contributed by atoms with Gasteiger partial charge in [-0.3, -0.25) is 9.48 Å². The van der Waals surface area contributed by atoms with Crippen LogP contribution >= 0.6 is 11.6 Å². The Balaban J connectivity index is 1.52. The maximum atomic E-state index is 13.1. The van der Waals surface area contributed by atoms with E-state index in [-0.39, 0.29) is 18.2 Å². The Morgan fingerprint density at radius 1 is 1.09 bits per heavy atom. The summed E-state index contributed by atoms with van der Waals surface area (Å²) < 4.78 is 13.1. The number of aryl methyl sites for hydroxylation is 4. The number of hydrogen-bond donors (Lipinski definition) is 1. The van der Waals surface area contributed by atoms with Crippen LogP contribution in [0, 0.1) is 34.6 Å². The van der Waals surface area contributed by atoms with Crippen molar-refractivity contribution in [2.75, 3.05) is 5.32 Å². The summed E-state index contributed by atoms with van der Waals surface area (Å²) in [4.78, 5) is 13.1. The molecule has 34 heavy (non-hydrogen) atoms. The van der Waals surface area contributed by atoms with Crippen LogP contribution < -0.4 is 10.1 Å². The van der Waals surface area contributed by atoms with Crippen molar-refractivity contribution in [3.8, 4) is 5.75 Å². The van der Waals surface area contributed by atoms with Crippen molar-refractivity contribution in [1.82, 2.24) is 14.9 Å². The minimum Gasteiger partial charge on any atom is -0.489 e. The second-order valence-corrected chi connectivity index (χ2v) is 8.90. The molecule has 0 atom stereocenters. The van der Waals surface area contributed by atoms with E-state index in [2.05, 4.69) is 21.6 Å². The highest BCUT2D eigenvalue weighted by molar-refractivity contribution is 6.30. The lowest BCUT2D eigenvalue weighted by Crippen LogP contribution is -2.16. The molecule has 1 amide bonds. The first-order chi connectivity index (χ1) is 16.2. The highest BCUT2D eigenvalue weighted by Crippen LogP contribution is 2.24. The first kappa shape index (κ1) is 23.6. The summed E-state index contributed by atoms with van der Waals surface area (Å²) in [7, 11) is 0. The van der Waals surface area contributed by atoms with E-state index in [0.717, 1.165) is 28.1 Å². The van der Waals surface area contributed by atoms with Crippen LogP contribution in [0.2, 0.25) is 5.02 Å². The standard InChI is InChI=1S/C26H27ClN4O3/c1-15-9-16(2)11-22(10-15)33-14-23-19(5)34-30-25(23)26(32)28-24-17(3)29-31(18(24)4)13-20-7-6-8-21(27)12-20/h6-12H,13-14H2,1-5H3,(H,28,32). The summed E-state index contributed by atoms with van der Waals surface area (Å²) in [5.41, 5.74) is 6.23. The Hall–Kier alpha value is -3.58. The predicted molar refractivity (Wildman–Crippen MR) is 132 cm³/mol. The summed E-state index contributed by atoms with van der Waals surface area (Å²) >= 11 is 6.11. The zero-order valence-electron chi connectivity index (χ0n) is 19.9. The summed E-state index contributed by atoms with van der Waals surface area (Å²) in [6.07, 6.45) is 0. The Kier molecular flexibility index (Phi) is 6.75. The molecule has 0 aliphatic rings. The van der Waals surface area contributed by atoms with Crippen molar-refractivity contribution in [3.63, 3.8) is 0 Å². The van der Waals surface area contributed by atoms with Gasteiger partial charge in [0.2, 0.25) is 0 Å². The van der Waals surface area contributed by atoms with Gasteiger partial charge in [-0.2, -0.15) is 5.10 Å². The second kappa shape index (κ2) is 9.73. The van der Waals surface area contributed by atoms with Crippen LogP contribution in [0.4, 0.5) is 5.69 Å². The number of carbonyl (C=O) groups is 1. The van der Waals surface area contributed by atoms with Gasteiger partial charge < -0.3 is 14.6 Å². The number of aromatic nitrogens is 3. The van der Waals surface area contributed by atoms with E-state index >= 15 is 0 Å². The lowest BCUT2D eigenvalue weighted by Gasteiger charge is -2.09. The van der Waals surface area contributed by atoms with E-state index in [4.69, 9.17) is 20.9 Å². The molecule has 0 spiro atoms. The Bertz CT molecular complexity index is 1340. The van der Waals surface area contributed by atoms with E-state index in [0.29, 0.717) is 34.3 Å². The number of halogens is 1. The molecule has 0 saturated heterocycles. The molecule has 0 bridgehead atoms. The summed E-state index contributed by atoms with van der Waals surface area (Å²) in [6, 6.07) is 13.6. The molecule has 2 heterocycles. The zero-order chi connectivity index (χ0) is 24.4. The fourth-order valence-electron chi connectivity index (χ4n) is 3.92. The number of carbonyl (C=O) groups excluding carboxylic acids is 1. The van der Waals surface area contributed by atoms with Gasteiger partial charge in [0.05, 0.1) is 29.2 Å². The van der Waals surface area contributed by atoms with Crippen LogP contribution in [0.25, 0.3) is 0 Å². The molecule has 0 aliphatic carbocycles. The van der Waals surface area contributed by atoms with Gasteiger partial charge in [-0.05, 0) is 75.6 Å². The molecule has 2 aromatic heterocycles. The average Bonchev–Trinajstić information content (AvgIpc) is 3.26. The minimum atomic E-state index is -0.371. The van der Waals surface area contributed by atoms with Gasteiger partial charge in [0.15, 0.2) is 5.69 Å². The van der Waals surface area contributed by atoms with E-state index in [1.54, 1.807) is 6.92 Å². The molecular formula is C26H27ClN4O3. The number of ether oxygens (including phenoxy) is 1. The van der Waals surface area contributed by atoms with Crippen molar-refractivity contribution in [2.45, 2.75) is 47.8 Å². The molecule has 7 nitrogen and oxygen atoms in total. The number of hydrogen-bond acceptors (Lipinski definition) is 5. The summed E-state index contributed by atoms with van der Waals surface area (Å²) in [6.45, 7) is 10.3. The lowest BCUT2D eigenvalue weighted by atomic mass is 10.1. The normalized spacial score (nSPS) is 11.0. The maximum absolute atomic E-state index is 13.1. The monoisotopic (exact) mass is 478 g/mol. The van der Waals surface area contributed by atoms with Crippen molar-refractivity contribution in [3.05, 3.63) is 92.6 Å². The van der Waals surface area contributed by atoms with Crippen LogP contribution in [0.15, 0.2) is 47.0 Å². The Morgan fingerprint density at radius 2 is 1.82 bits per heavy atom.